The molecule has 0 heterocycles. The molecule has 0 unspecified atom stereocenters. The largest absolute Gasteiger partial charge is 0.462 e. The van der Waals surface area contributed by atoms with Crippen molar-refractivity contribution in [3.05, 3.63) is 71.4 Å². The first-order valence-electron chi connectivity index (χ1n) is 15.3. The average molecular weight is 595 g/mol. The molecule has 43 heavy (non-hydrogen) atoms. The topological polar surface area (TPSA) is 130 Å². The van der Waals surface area contributed by atoms with Gasteiger partial charge in [0, 0.05) is 23.0 Å². The summed E-state index contributed by atoms with van der Waals surface area (Å²) in [6, 6.07) is 0. The summed E-state index contributed by atoms with van der Waals surface area (Å²) in [5, 5.41) is 34.5. The summed E-state index contributed by atoms with van der Waals surface area (Å²) in [5.74, 6) is -2.84. The first-order valence-corrected chi connectivity index (χ1v) is 15.3. The Bertz CT molecular complexity index is 1320. The van der Waals surface area contributed by atoms with E-state index in [2.05, 4.69) is 13.0 Å². The molecule has 2 fully saturated rings. The van der Waals surface area contributed by atoms with E-state index in [0.29, 0.717) is 17.6 Å². The second-order valence-electron chi connectivity index (χ2n) is 12.9. The third-order valence-electron chi connectivity index (χ3n) is 10.4. The van der Waals surface area contributed by atoms with E-state index in [1.165, 1.54) is 6.08 Å². The van der Waals surface area contributed by atoms with Gasteiger partial charge < -0.3 is 24.8 Å². The molecule has 2 bridgehead atoms. The molecule has 2 saturated carbocycles. The van der Waals surface area contributed by atoms with Gasteiger partial charge in [-0.3, -0.25) is 4.79 Å². The highest BCUT2D eigenvalue weighted by Crippen LogP contribution is 2.72. The second kappa shape index (κ2) is 12.5. The molecule has 4 aliphatic carbocycles. The van der Waals surface area contributed by atoms with Crippen LogP contribution in [0.1, 0.15) is 60.8 Å². The number of unbranched alkanes of at least 4 members (excludes halogenated alkanes) is 1. The summed E-state index contributed by atoms with van der Waals surface area (Å²) in [4.78, 5) is 40.0. The highest BCUT2D eigenvalue weighted by Gasteiger charge is 2.77. The number of Topliss-reactive ketones (excluding diaryl/α,β-unsaturated/α-hetero) is 1. The fourth-order valence-corrected chi connectivity index (χ4v) is 7.82. The van der Waals surface area contributed by atoms with Gasteiger partial charge in [0.1, 0.15) is 6.10 Å². The lowest BCUT2D eigenvalue weighted by Crippen LogP contribution is -2.65. The number of carbonyl (C=O) groups is 3. The van der Waals surface area contributed by atoms with Gasteiger partial charge in [0.2, 0.25) is 0 Å². The summed E-state index contributed by atoms with van der Waals surface area (Å²) < 4.78 is 11.4. The molecule has 234 valence electrons. The number of ether oxygens (including phenoxy) is 2. The summed E-state index contributed by atoms with van der Waals surface area (Å²) in [6.45, 7) is 10.5. The molecule has 0 aromatic carbocycles. The predicted molar refractivity (Wildman–Crippen MR) is 162 cm³/mol. The fraction of sp³-hybridized carbons (Fsp3) is 0.571. The third kappa shape index (κ3) is 5.32. The maximum atomic E-state index is 14.6. The molecule has 3 N–H and O–H groups in total. The number of carbonyl (C=O) groups excluding carboxylic acids is 3. The minimum Gasteiger partial charge on any atom is -0.462 e. The lowest BCUT2D eigenvalue weighted by molar-refractivity contribution is -0.201. The lowest BCUT2D eigenvalue weighted by Gasteiger charge is -2.48. The van der Waals surface area contributed by atoms with Crippen molar-refractivity contribution >= 4 is 17.7 Å². The molecule has 9 atom stereocenters. The van der Waals surface area contributed by atoms with Crippen molar-refractivity contribution < 1.29 is 39.2 Å². The number of ketones is 1. The number of fused-ring (bicyclic) bond motifs is 3. The van der Waals surface area contributed by atoms with Crippen LogP contribution in [0.25, 0.3) is 0 Å². The number of esters is 2. The van der Waals surface area contributed by atoms with Gasteiger partial charge in [-0.15, -0.1) is 0 Å². The zero-order chi connectivity index (χ0) is 31.7. The van der Waals surface area contributed by atoms with Gasteiger partial charge in [0.15, 0.2) is 17.5 Å². The minimum absolute atomic E-state index is 0.00698. The van der Waals surface area contributed by atoms with Gasteiger partial charge in [0.25, 0.3) is 0 Å². The quantitative estimate of drug-likeness (QED) is 0.148. The molecule has 0 saturated heterocycles. The normalized spacial score (nSPS) is 38.8. The van der Waals surface area contributed by atoms with E-state index in [1.54, 1.807) is 51.2 Å². The molecule has 0 aromatic rings. The summed E-state index contributed by atoms with van der Waals surface area (Å²) in [5.41, 5.74) is -3.34. The monoisotopic (exact) mass is 594 g/mol. The zero-order valence-electron chi connectivity index (χ0n) is 26.1. The number of aliphatic hydroxyl groups excluding tert-OH is 2. The molecule has 8 heteroatoms. The van der Waals surface area contributed by atoms with Gasteiger partial charge in [0.05, 0.1) is 18.6 Å². The number of aliphatic hydroxyl groups is 3. The Labute approximate surface area is 254 Å². The van der Waals surface area contributed by atoms with Gasteiger partial charge in [-0.25, -0.2) is 9.59 Å². The molecule has 8 nitrogen and oxygen atoms in total. The molecule has 0 aliphatic heterocycles. The molecule has 4 aliphatic rings. The smallest absolute Gasteiger partial charge is 0.334 e. The van der Waals surface area contributed by atoms with Gasteiger partial charge in [-0.1, -0.05) is 75.8 Å². The molecular formula is C35H46O8. The van der Waals surface area contributed by atoms with Crippen LogP contribution in [-0.2, 0) is 23.9 Å². The maximum absolute atomic E-state index is 14.6. The highest BCUT2D eigenvalue weighted by molar-refractivity contribution is 5.96. The van der Waals surface area contributed by atoms with Gasteiger partial charge in [-0.2, -0.15) is 0 Å². The first kappa shape index (κ1) is 32.8. The van der Waals surface area contributed by atoms with Crippen LogP contribution in [0.3, 0.4) is 0 Å². The Morgan fingerprint density at radius 2 is 1.88 bits per heavy atom. The lowest BCUT2D eigenvalue weighted by atomic mass is 9.59. The number of hydrogen-bond donors (Lipinski definition) is 3. The zero-order valence-corrected chi connectivity index (χ0v) is 26.1. The van der Waals surface area contributed by atoms with Gasteiger partial charge in [-0.05, 0) is 62.5 Å². The molecule has 4 rings (SSSR count). The summed E-state index contributed by atoms with van der Waals surface area (Å²) in [6.07, 6.45) is 15.1. The molecule has 0 radical (unpaired) electrons. The van der Waals surface area contributed by atoms with Crippen LogP contribution < -0.4 is 0 Å². The van der Waals surface area contributed by atoms with E-state index in [4.69, 9.17) is 9.47 Å². The number of hydrogen-bond acceptors (Lipinski definition) is 8. The Hall–Kier alpha value is -3.07. The van der Waals surface area contributed by atoms with E-state index >= 15 is 0 Å². The maximum Gasteiger partial charge on any atom is 0.334 e. The first-order chi connectivity index (χ1) is 20.3. The van der Waals surface area contributed by atoms with E-state index in [9.17, 15) is 29.7 Å². The van der Waals surface area contributed by atoms with Crippen LogP contribution >= 0.6 is 0 Å². The van der Waals surface area contributed by atoms with Crippen molar-refractivity contribution in [1.29, 1.82) is 0 Å². The molecular weight excluding hydrogens is 548 g/mol. The molecule has 1 spiro atoms. The number of allylic oxidation sites excluding steroid dienone is 7. The van der Waals surface area contributed by atoms with Gasteiger partial charge >= 0.3 is 11.9 Å². The predicted octanol–water partition coefficient (Wildman–Crippen LogP) is 4.32. The van der Waals surface area contributed by atoms with E-state index in [-0.39, 0.29) is 29.8 Å². The van der Waals surface area contributed by atoms with Crippen molar-refractivity contribution in [2.24, 2.45) is 34.5 Å². The average Bonchev–Trinajstić information content (AvgIpc) is 3.52. The van der Waals surface area contributed by atoms with Crippen molar-refractivity contribution in [3.8, 4) is 0 Å². The Balaban J connectivity index is 1.61. The Kier molecular flexibility index (Phi) is 9.55. The third-order valence-corrected chi connectivity index (χ3v) is 10.4. The second-order valence-corrected chi connectivity index (χ2v) is 12.9. The van der Waals surface area contributed by atoms with Crippen LogP contribution in [0.15, 0.2) is 71.4 Å². The summed E-state index contributed by atoms with van der Waals surface area (Å²) >= 11 is 0. The Morgan fingerprint density at radius 3 is 2.53 bits per heavy atom. The van der Waals surface area contributed by atoms with Crippen LogP contribution in [0.5, 0.6) is 0 Å². The van der Waals surface area contributed by atoms with E-state index in [1.807, 2.05) is 26.0 Å². The van der Waals surface area contributed by atoms with E-state index in [0.717, 1.165) is 12.8 Å². The van der Waals surface area contributed by atoms with Crippen LogP contribution in [0.4, 0.5) is 0 Å². The van der Waals surface area contributed by atoms with E-state index < -0.39 is 59.0 Å². The van der Waals surface area contributed by atoms with Crippen LogP contribution in [0.2, 0.25) is 0 Å². The molecule has 0 amide bonds. The highest BCUT2D eigenvalue weighted by atomic mass is 16.6. The van der Waals surface area contributed by atoms with Crippen molar-refractivity contribution in [1.82, 2.24) is 0 Å². The van der Waals surface area contributed by atoms with Crippen LogP contribution in [-0.4, -0.2) is 64.1 Å². The number of rotatable bonds is 10. The summed E-state index contributed by atoms with van der Waals surface area (Å²) in [7, 11) is 0. The fourth-order valence-electron chi connectivity index (χ4n) is 7.82. The molecule has 0 aromatic heterocycles. The van der Waals surface area contributed by atoms with Crippen molar-refractivity contribution in [2.45, 2.75) is 78.6 Å². The SMILES string of the molecule is C/C=C(/C)C(=O)O[C@H]1C(C)=C[C@]23C(=O)[C@@H](C=C(CO)[C@@H](O)[C@]12O)[C@H]1[C@@H](C[C@H]3C)[C@@]1(C)COC(=O)/C=C/C=C/C=C/CCC. The van der Waals surface area contributed by atoms with Crippen molar-refractivity contribution in [3.63, 3.8) is 0 Å². The minimum atomic E-state index is -2.20. The standard InChI is InChI=1S/C35H46O8/c1-7-9-10-11-12-13-14-15-27(37)42-20-33(6)26-16-23(5)34-18-22(4)31(43-32(40)21(3)8-2)35(34,41)29(38)24(19-36)17-25(28(26)33)30(34)39/h8,10-15,17-18,23,25-26,28-29,31,36,38,41H,7,9,16,19-20H2,1-6H3/b11-10+,13-12+,15-14+,21-8-/t23-,25+,26-,28+,29-,31+,33-,34+,35+/m1/s1. The van der Waals surface area contributed by atoms with Crippen LogP contribution in [0, 0.1) is 34.5 Å². The Morgan fingerprint density at radius 1 is 1.19 bits per heavy atom. The van der Waals surface area contributed by atoms with Crippen molar-refractivity contribution in [2.75, 3.05) is 13.2 Å².